The van der Waals surface area contributed by atoms with Gasteiger partial charge in [-0.05, 0) is 86.2 Å². The van der Waals surface area contributed by atoms with Gasteiger partial charge in [-0.15, -0.1) is 0 Å². The smallest absolute Gasteiger partial charge is 0.214 e. The normalized spacial score (nSPS) is 14.0. The highest BCUT2D eigenvalue weighted by Crippen LogP contribution is 2.37. The molecule has 0 radical (unpaired) electrons. The Balaban J connectivity index is 1.89. The number of sulfone groups is 2. The van der Waals surface area contributed by atoms with E-state index in [2.05, 4.69) is 9.69 Å². The molecule has 0 unspecified atom stereocenters. The number of benzene rings is 3. The second-order valence-corrected chi connectivity index (χ2v) is 14.2. The van der Waals surface area contributed by atoms with Gasteiger partial charge in [-0.3, -0.25) is 0 Å². The number of hydrogen-bond acceptors (Lipinski definition) is 6. The molecule has 0 saturated carbocycles. The van der Waals surface area contributed by atoms with Crippen LogP contribution in [0.5, 0.6) is 0 Å². The number of hydrogen-bond donors (Lipinski definition) is 0. The molecule has 48 heavy (non-hydrogen) atoms. The van der Waals surface area contributed by atoms with Crippen LogP contribution in [0.3, 0.4) is 0 Å². The number of nitrogens with zero attached hydrogens (tertiary/aromatic N) is 4. The van der Waals surface area contributed by atoms with Crippen LogP contribution >= 0.6 is 0 Å². The summed E-state index contributed by atoms with van der Waals surface area (Å²) < 4.78 is 127. The van der Waals surface area contributed by atoms with E-state index in [-0.39, 0.29) is 46.5 Å². The molecule has 8 nitrogen and oxygen atoms in total. The van der Waals surface area contributed by atoms with Gasteiger partial charge in [0.15, 0.2) is 0 Å². The summed E-state index contributed by atoms with van der Waals surface area (Å²) in [7, 11) is -11.4. The van der Waals surface area contributed by atoms with Crippen LogP contribution < -0.4 is 10.4 Å². The molecule has 2 aliphatic rings. The molecule has 2 aliphatic carbocycles. The molecule has 0 saturated heterocycles. The summed E-state index contributed by atoms with van der Waals surface area (Å²) in [4.78, 5) is 4.43. The van der Waals surface area contributed by atoms with Gasteiger partial charge in [0.2, 0.25) is 0 Å². The first-order valence-corrected chi connectivity index (χ1v) is 16.1. The summed E-state index contributed by atoms with van der Waals surface area (Å²) in [5, 5.41) is 19.8. The van der Waals surface area contributed by atoms with Crippen molar-refractivity contribution < 1.29 is 43.2 Å². The highest BCUT2D eigenvalue weighted by Gasteiger charge is 2.47. The Hall–Kier alpha value is -5.68. The molecule has 16 heteroatoms. The maximum Gasteiger partial charge on any atom is 0.522 e. The zero-order valence-corrected chi connectivity index (χ0v) is 25.3. The van der Waals surface area contributed by atoms with Gasteiger partial charge < -0.3 is 0 Å². The highest BCUT2D eigenvalue weighted by molar-refractivity contribution is 7.92. The third kappa shape index (κ3) is 5.31. The van der Waals surface area contributed by atoms with Gasteiger partial charge in [-0.1, -0.05) is 30.3 Å². The first kappa shape index (κ1) is 33.7. The summed E-state index contributed by atoms with van der Waals surface area (Å²) in [6.07, 6.45) is 2.80. The monoisotopic (exact) mass is 696 g/mol. The van der Waals surface area contributed by atoms with E-state index < -0.39 is 40.5 Å². The van der Waals surface area contributed by atoms with Crippen LogP contribution in [-0.4, -0.2) is 27.9 Å². The Labute approximate surface area is 268 Å². The largest absolute Gasteiger partial charge is 0.522 e. The lowest BCUT2D eigenvalue weighted by atomic mass is 9.87. The average Bonchev–Trinajstić information content (AvgIpc) is 3.65. The fourth-order valence-corrected chi connectivity index (χ4v) is 7.11. The Morgan fingerprint density at radius 1 is 0.646 bits per heavy atom. The Morgan fingerprint density at radius 3 is 1.33 bits per heavy atom. The third-order valence-corrected chi connectivity index (χ3v) is 10.7. The summed E-state index contributed by atoms with van der Waals surface area (Å²) in [6.45, 7) is 14.9. The van der Waals surface area contributed by atoms with Crippen molar-refractivity contribution in [3.63, 3.8) is 0 Å². The van der Waals surface area contributed by atoms with E-state index >= 15 is 0 Å². The van der Waals surface area contributed by atoms with Crippen molar-refractivity contribution in [2.45, 2.75) is 33.6 Å². The van der Waals surface area contributed by atoms with Crippen molar-refractivity contribution in [3.05, 3.63) is 115 Å². The maximum absolute atomic E-state index is 13.2. The fourth-order valence-electron chi connectivity index (χ4n) is 5.58. The Bertz CT molecular complexity index is 2310. The summed E-state index contributed by atoms with van der Waals surface area (Å²) in [5.74, 6) is -0.317. The Morgan fingerprint density at radius 2 is 1.00 bits per heavy atom. The summed E-state index contributed by atoms with van der Waals surface area (Å²) in [5.41, 5.74) is -9.12. The van der Waals surface area contributed by atoms with Crippen molar-refractivity contribution in [3.8, 4) is 34.4 Å². The van der Waals surface area contributed by atoms with Gasteiger partial charge in [0, 0.05) is 6.42 Å². The molecule has 0 N–H and O–H groups in total. The van der Waals surface area contributed by atoms with Crippen molar-refractivity contribution in [1.82, 2.24) is 0 Å². The molecule has 240 valence electrons. The predicted molar refractivity (Wildman–Crippen MR) is 158 cm³/mol. The SMILES string of the molecule is [C-]#[N+]C([N+]#[C-])=C1C=c2c(c(-c3ccc(S(=O)(=O)C(F)(F)F)cc3)c3c(c2-c2ccc(S(=O)(=O)C(F)(F)F)cc2)CC(=C(C#N)C#N)C=3)C1. The van der Waals surface area contributed by atoms with E-state index in [1.807, 2.05) is 0 Å². The van der Waals surface area contributed by atoms with Gasteiger partial charge in [-0.25, -0.2) is 16.8 Å². The summed E-state index contributed by atoms with van der Waals surface area (Å²) in [6, 6.07) is 11.1. The minimum atomic E-state index is -5.70. The van der Waals surface area contributed by atoms with Gasteiger partial charge in [-0.2, -0.15) is 46.6 Å². The predicted octanol–water partition coefficient (Wildman–Crippen LogP) is 5.67. The molecule has 0 aliphatic heterocycles. The van der Waals surface area contributed by atoms with Gasteiger partial charge >= 0.3 is 16.8 Å². The minimum absolute atomic E-state index is 0.0789. The molecule has 3 aromatic rings. The quantitative estimate of drug-likeness (QED) is 0.197. The number of allylic oxidation sites excluding steroid dienone is 3. The molecule has 5 rings (SSSR count). The lowest BCUT2D eigenvalue weighted by molar-refractivity contribution is -0.0442. The van der Waals surface area contributed by atoms with E-state index in [9.17, 15) is 53.7 Å². The van der Waals surface area contributed by atoms with Crippen molar-refractivity contribution >= 4 is 31.8 Å². The maximum atomic E-state index is 13.2. The van der Waals surface area contributed by atoms with Crippen LogP contribution in [0, 0.1) is 35.8 Å². The average molecular weight is 697 g/mol. The number of rotatable bonds is 4. The van der Waals surface area contributed by atoms with Gasteiger partial charge in [0.25, 0.3) is 19.7 Å². The molecule has 0 spiro atoms. The van der Waals surface area contributed by atoms with Crippen molar-refractivity contribution in [2.75, 3.05) is 0 Å². The highest BCUT2D eigenvalue weighted by atomic mass is 32.2. The molecule has 0 atom stereocenters. The standard InChI is InChI=1S/C32H14F6N4O4S2/c1-41-30(42-2)20-13-26-27(14-20)29(18-5-9-23(10-6-18)48(45,46)32(36,37)38)25-12-19(21(15-39)16-40)11-24(25)28(26)17-3-7-22(8-4-17)47(43,44)31(33,34)35/h3-11,14H,12-13H2. The second kappa shape index (κ2) is 11.5. The number of alkyl halides is 6. The lowest BCUT2D eigenvalue weighted by Gasteiger charge is -2.17. The minimum Gasteiger partial charge on any atom is -0.214 e. The van der Waals surface area contributed by atoms with Crippen LogP contribution in [0.4, 0.5) is 26.3 Å². The van der Waals surface area contributed by atoms with Crippen LogP contribution in [0.2, 0.25) is 0 Å². The molecule has 0 aromatic heterocycles. The van der Waals surface area contributed by atoms with Crippen LogP contribution in [0.15, 0.2) is 80.9 Å². The number of halogens is 6. The fraction of sp³-hybridized carbons (Fsp3) is 0.125. The molecule has 0 fully saturated rings. The van der Waals surface area contributed by atoms with E-state index in [1.165, 1.54) is 12.2 Å². The number of fused-ring (bicyclic) bond motifs is 2. The first-order chi connectivity index (χ1) is 22.4. The first-order valence-electron chi connectivity index (χ1n) is 13.2. The molecular weight excluding hydrogens is 682 g/mol. The van der Waals surface area contributed by atoms with E-state index in [0.717, 1.165) is 48.5 Å². The van der Waals surface area contributed by atoms with Crippen LogP contribution in [0.25, 0.3) is 44.1 Å². The molecule has 3 aromatic carbocycles. The molecule has 0 heterocycles. The lowest BCUT2D eigenvalue weighted by Crippen LogP contribution is -2.24. The number of nitriles is 2. The molecule has 0 amide bonds. The van der Waals surface area contributed by atoms with Gasteiger partial charge in [0.05, 0.1) is 15.4 Å². The van der Waals surface area contributed by atoms with Crippen LogP contribution in [0.1, 0.15) is 11.1 Å². The summed E-state index contributed by atoms with van der Waals surface area (Å²) >= 11 is 0. The Kier molecular flexibility index (Phi) is 8.09. The van der Waals surface area contributed by atoms with E-state index in [0.29, 0.717) is 32.7 Å². The van der Waals surface area contributed by atoms with E-state index in [1.54, 1.807) is 12.1 Å². The zero-order chi connectivity index (χ0) is 35.4. The van der Waals surface area contributed by atoms with Crippen molar-refractivity contribution in [1.29, 1.82) is 10.5 Å². The topological polar surface area (TPSA) is 125 Å². The second-order valence-electron chi connectivity index (χ2n) is 10.3. The van der Waals surface area contributed by atoms with Crippen LogP contribution in [-0.2, 0) is 32.5 Å². The van der Waals surface area contributed by atoms with Gasteiger partial charge in [0.1, 0.15) is 30.9 Å². The molecular formula is C32H14F6N4O4S2. The zero-order valence-electron chi connectivity index (χ0n) is 23.7. The van der Waals surface area contributed by atoms with E-state index in [4.69, 9.17) is 13.1 Å². The third-order valence-electron chi connectivity index (χ3n) is 7.72. The molecule has 0 bridgehead atoms. The van der Waals surface area contributed by atoms with Crippen molar-refractivity contribution in [2.24, 2.45) is 0 Å².